The van der Waals surface area contributed by atoms with Crippen LogP contribution in [0.3, 0.4) is 0 Å². The molecule has 31 heavy (non-hydrogen) atoms. The largest absolute Gasteiger partial charge is 0.493 e. The molecular weight excluding hydrogens is 400 g/mol. The Morgan fingerprint density at radius 1 is 1.03 bits per heavy atom. The van der Waals surface area contributed by atoms with E-state index in [0.29, 0.717) is 18.3 Å². The molecule has 0 aliphatic heterocycles. The molecule has 2 aromatic carbocycles. The van der Waals surface area contributed by atoms with Crippen LogP contribution in [-0.4, -0.2) is 12.6 Å². The van der Waals surface area contributed by atoms with Crippen LogP contribution in [0.5, 0.6) is 11.5 Å². The Labute approximate surface area is 181 Å². The van der Waals surface area contributed by atoms with Crippen molar-refractivity contribution >= 4 is 5.97 Å². The van der Waals surface area contributed by atoms with E-state index in [9.17, 15) is 13.6 Å². The van der Waals surface area contributed by atoms with Gasteiger partial charge in [-0.05, 0) is 48.9 Å². The summed E-state index contributed by atoms with van der Waals surface area (Å²) in [5.41, 5.74) is -0.482. The maximum atomic E-state index is 13.7. The average molecular weight is 427 g/mol. The van der Waals surface area contributed by atoms with Gasteiger partial charge in [-0.3, -0.25) is 0 Å². The highest BCUT2D eigenvalue weighted by molar-refractivity contribution is 5.91. The van der Waals surface area contributed by atoms with Gasteiger partial charge in [-0.25, -0.2) is 13.6 Å². The van der Waals surface area contributed by atoms with Crippen LogP contribution >= 0.6 is 0 Å². The topological polar surface area (TPSA) is 59.3 Å². The number of unbranched alkanes of at least 4 members (excludes halogenated alkanes) is 1. The zero-order valence-electron chi connectivity index (χ0n) is 17.7. The number of rotatable bonds is 8. The predicted molar refractivity (Wildman–Crippen MR) is 113 cm³/mol. The van der Waals surface area contributed by atoms with Crippen molar-refractivity contribution in [1.29, 1.82) is 5.26 Å². The maximum Gasteiger partial charge on any atom is 0.343 e. The van der Waals surface area contributed by atoms with Crippen LogP contribution in [0.2, 0.25) is 0 Å². The highest BCUT2D eigenvalue weighted by Gasteiger charge is 2.21. The van der Waals surface area contributed by atoms with Gasteiger partial charge in [0.05, 0.1) is 12.2 Å². The quantitative estimate of drug-likeness (QED) is 0.360. The number of ether oxygens (including phenoxy) is 2. The summed E-state index contributed by atoms with van der Waals surface area (Å²) in [6.45, 7) is 2.89. The van der Waals surface area contributed by atoms with Crippen LogP contribution in [0.25, 0.3) is 0 Å². The van der Waals surface area contributed by atoms with E-state index in [-0.39, 0.29) is 11.3 Å². The van der Waals surface area contributed by atoms with Gasteiger partial charge in [0.15, 0.2) is 0 Å². The minimum atomic E-state index is -1.08. The second-order valence-corrected chi connectivity index (χ2v) is 8.13. The maximum absolute atomic E-state index is 13.7. The smallest absolute Gasteiger partial charge is 0.343 e. The summed E-state index contributed by atoms with van der Waals surface area (Å²) in [7, 11) is 0. The highest BCUT2D eigenvalue weighted by Crippen LogP contribution is 2.32. The lowest BCUT2D eigenvalue weighted by Gasteiger charge is -2.28. The number of carbonyl (C=O) groups excluding carboxylic acids is 1. The molecule has 0 spiro atoms. The molecule has 0 unspecified atom stereocenters. The van der Waals surface area contributed by atoms with E-state index in [1.807, 2.05) is 0 Å². The molecule has 2 aromatic rings. The first-order valence-corrected chi connectivity index (χ1v) is 10.8. The Kier molecular flexibility index (Phi) is 8.00. The molecule has 1 aliphatic rings. The van der Waals surface area contributed by atoms with Crippen molar-refractivity contribution in [2.24, 2.45) is 11.8 Å². The van der Waals surface area contributed by atoms with Crippen LogP contribution in [0.4, 0.5) is 8.78 Å². The van der Waals surface area contributed by atoms with Gasteiger partial charge >= 0.3 is 5.97 Å². The van der Waals surface area contributed by atoms with Gasteiger partial charge in [-0.15, -0.1) is 0 Å². The zero-order valence-corrected chi connectivity index (χ0v) is 17.7. The van der Waals surface area contributed by atoms with Gasteiger partial charge in [0.2, 0.25) is 0 Å². The van der Waals surface area contributed by atoms with Crippen molar-refractivity contribution in [1.82, 2.24) is 0 Å². The summed E-state index contributed by atoms with van der Waals surface area (Å²) in [6, 6.07) is 9.52. The molecule has 1 saturated carbocycles. The van der Waals surface area contributed by atoms with Crippen LogP contribution in [0, 0.1) is 34.8 Å². The lowest BCUT2D eigenvalue weighted by molar-refractivity contribution is 0.0734. The average Bonchev–Trinajstić information content (AvgIpc) is 2.77. The third-order valence-corrected chi connectivity index (χ3v) is 5.85. The van der Waals surface area contributed by atoms with Gasteiger partial charge in [-0.1, -0.05) is 39.0 Å². The number of nitriles is 1. The SMILES string of the molecule is CCCC[C@H]1CC[C@H](COc2ccc(C(=O)Oc3cc(F)c(C#N)c(F)c3)cc2)CC1. The fourth-order valence-electron chi connectivity index (χ4n) is 3.96. The fraction of sp³-hybridized carbons (Fsp3) is 0.440. The van der Waals surface area contributed by atoms with Gasteiger partial charge in [0.1, 0.15) is 34.8 Å². The molecular formula is C25H27F2NO3. The van der Waals surface area contributed by atoms with E-state index in [1.165, 1.54) is 51.0 Å². The molecule has 6 heteroatoms. The standard InChI is InChI=1S/C25H27F2NO3/c1-2-3-4-17-5-7-18(8-6-17)16-30-20-11-9-19(10-12-20)25(29)31-21-13-23(26)22(15-28)24(27)14-21/h9-14,17-18H,2-8,16H2,1H3/t17-,18-. The first kappa shape index (κ1) is 22.7. The van der Waals surface area contributed by atoms with E-state index in [4.69, 9.17) is 14.7 Å². The molecule has 0 aromatic heterocycles. The monoisotopic (exact) mass is 427 g/mol. The van der Waals surface area contributed by atoms with E-state index in [0.717, 1.165) is 18.1 Å². The summed E-state index contributed by atoms with van der Waals surface area (Å²) < 4.78 is 38.2. The molecule has 0 N–H and O–H groups in total. The highest BCUT2D eigenvalue weighted by atomic mass is 19.1. The van der Waals surface area contributed by atoms with Gasteiger partial charge in [0.25, 0.3) is 0 Å². The number of esters is 1. The summed E-state index contributed by atoms with van der Waals surface area (Å²) in [6.07, 6.45) is 8.84. The van der Waals surface area contributed by atoms with Gasteiger partial charge in [-0.2, -0.15) is 5.26 Å². The lowest BCUT2D eigenvalue weighted by Crippen LogP contribution is -2.20. The second-order valence-electron chi connectivity index (χ2n) is 8.13. The number of hydrogen-bond acceptors (Lipinski definition) is 4. The summed E-state index contributed by atoms with van der Waals surface area (Å²) in [4.78, 5) is 12.2. The van der Waals surface area contributed by atoms with Gasteiger partial charge in [0, 0.05) is 12.1 Å². The normalized spacial score (nSPS) is 18.3. The first-order chi connectivity index (χ1) is 15.0. The Morgan fingerprint density at radius 2 is 1.65 bits per heavy atom. The summed E-state index contributed by atoms with van der Waals surface area (Å²) in [5, 5.41) is 8.70. The van der Waals surface area contributed by atoms with Crippen molar-refractivity contribution in [3.8, 4) is 17.6 Å². The molecule has 0 amide bonds. The number of carbonyl (C=O) groups is 1. The first-order valence-electron chi connectivity index (χ1n) is 10.8. The molecule has 0 atom stereocenters. The van der Waals surface area contributed by atoms with Crippen LogP contribution in [0.1, 0.15) is 67.8 Å². The molecule has 0 bridgehead atoms. The Morgan fingerprint density at radius 3 is 2.23 bits per heavy atom. The Hall–Kier alpha value is -2.94. The van der Waals surface area contributed by atoms with Crippen molar-refractivity contribution in [3.05, 3.63) is 59.2 Å². The van der Waals surface area contributed by atoms with Gasteiger partial charge < -0.3 is 9.47 Å². The van der Waals surface area contributed by atoms with Crippen LogP contribution < -0.4 is 9.47 Å². The lowest BCUT2D eigenvalue weighted by atomic mass is 9.80. The number of nitrogens with zero attached hydrogens (tertiary/aromatic N) is 1. The molecule has 1 fully saturated rings. The summed E-state index contributed by atoms with van der Waals surface area (Å²) in [5.74, 6) is -1.11. The third-order valence-electron chi connectivity index (χ3n) is 5.85. The number of hydrogen-bond donors (Lipinski definition) is 0. The van der Waals surface area contributed by atoms with Crippen molar-refractivity contribution < 1.29 is 23.0 Å². The minimum Gasteiger partial charge on any atom is -0.493 e. The van der Waals surface area contributed by atoms with Crippen molar-refractivity contribution in [2.45, 2.75) is 51.9 Å². The number of benzene rings is 2. The van der Waals surface area contributed by atoms with Crippen LogP contribution in [0.15, 0.2) is 36.4 Å². The Balaban J connectivity index is 1.49. The van der Waals surface area contributed by atoms with E-state index >= 15 is 0 Å². The molecule has 0 radical (unpaired) electrons. The minimum absolute atomic E-state index is 0.231. The van der Waals surface area contributed by atoms with E-state index in [1.54, 1.807) is 24.3 Å². The van der Waals surface area contributed by atoms with Crippen molar-refractivity contribution in [3.63, 3.8) is 0 Å². The predicted octanol–water partition coefficient (Wildman–Crippen LogP) is 6.43. The molecule has 3 rings (SSSR count). The molecule has 1 aliphatic carbocycles. The van der Waals surface area contributed by atoms with E-state index < -0.39 is 23.2 Å². The third kappa shape index (κ3) is 6.27. The summed E-state index contributed by atoms with van der Waals surface area (Å²) >= 11 is 0. The van der Waals surface area contributed by atoms with Crippen molar-refractivity contribution in [2.75, 3.05) is 6.61 Å². The van der Waals surface area contributed by atoms with E-state index in [2.05, 4.69) is 6.92 Å². The molecule has 164 valence electrons. The fourth-order valence-corrected chi connectivity index (χ4v) is 3.96. The zero-order chi connectivity index (χ0) is 22.2. The second kappa shape index (κ2) is 10.9. The number of halogens is 2. The molecule has 0 heterocycles. The van der Waals surface area contributed by atoms with Crippen LogP contribution in [-0.2, 0) is 0 Å². The molecule has 0 saturated heterocycles. The molecule has 4 nitrogen and oxygen atoms in total. The Bertz CT molecular complexity index is 906.